The second-order valence-electron chi connectivity index (χ2n) is 4.42. The summed E-state index contributed by atoms with van der Waals surface area (Å²) in [4.78, 5) is 4.47. The van der Waals surface area contributed by atoms with Crippen molar-refractivity contribution in [2.45, 2.75) is 45.3 Å². The van der Waals surface area contributed by atoms with Gasteiger partial charge in [0, 0.05) is 6.54 Å². The summed E-state index contributed by atoms with van der Waals surface area (Å²) in [6.07, 6.45) is 5.12. The molecule has 0 spiro atoms. The summed E-state index contributed by atoms with van der Waals surface area (Å²) < 4.78 is 5.73. The summed E-state index contributed by atoms with van der Waals surface area (Å²) in [5.74, 6) is 0.878. The summed E-state index contributed by atoms with van der Waals surface area (Å²) in [6, 6.07) is 3.79. The van der Waals surface area contributed by atoms with Gasteiger partial charge in [0.1, 0.15) is 5.82 Å². The summed E-state index contributed by atoms with van der Waals surface area (Å²) in [5.41, 5.74) is 0.833. The van der Waals surface area contributed by atoms with Crippen molar-refractivity contribution in [3.63, 3.8) is 0 Å². The van der Waals surface area contributed by atoms with Gasteiger partial charge in [-0.05, 0) is 37.8 Å². The minimum Gasteiger partial charge on any atom is -0.372 e. The number of hydrogen-bond acceptors (Lipinski definition) is 3. The fourth-order valence-corrected chi connectivity index (χ4v) is 1.83. The fraction of sp³-hybridized carbons (Fsp3) is 0.615. The van der Waals surface area contributed by atoms with Crippen LogP contribution in [-0.4, -0.2) is 17.6 Å². The summed E-state index contributed by atoms with van der Waals surface area (Å²) in [5, 5.41) is 3.94. The Morgan fingerprint density at radius 2 is 2.29 bits per heavy atom. The van der Waals surface area contributed by atoms with E-state index in [1.54, 1.807) is 0 Å². The molecule has 3 nitrogen and oxygen atoms in total. The molecule has 2 rings (SSSR count). The number of rotatable bonds is 6. The van der Waals surface area contributed by atoms with Gasteiger partial charge in [-0.25, -0.2) is 4.98 Å². The average molecular weight is 255 g/mol. The van der Waals surface area contributed by atoms with E-state index in [9.17, 15) is 0 Å². The number of nitrogens with one attached hydrogen (secondary N) is 1. The molecule has 1 fully saturated rings. The third-order valence-electron chi connectivity index (χ3n) is 2.98. The maximum Gasteiger partial charge on any atom is 0.126 e. The first-order chi connectivity index (χ1) is 8.29. The Hall–Kier alpha value is -0.800. The Bertz CT molecular complexity index is 366. The number of ether oxygens (including phenoxy) is 1. The van der Waals surface area contributed by atoms with E-state index in [0.29, 0.717) is 17.7 Å². The molecule has 0 bridgehead atoms. The van der Waals surface area contributed by atoms with E-state index in [1.165, 1.54) is 19.3 Å². The van der Waals surface area contributed by atoms with E-state index in [2.05, 4.69) is 17.2 Å². The van der Waals surface area contributed by atoms with Gasteiger partial charge in [-0.1, -0.05) is 18.5 Å². The maximum absolute atomic E-state index is 6.10. The molecule has 0 amide bonds. The average Bonchev–Trinajstić information content (AvgIpc) is 2.27. The van der Waals surface area contributed by atoms with Crippen molar-refractivity contribution in [1.82, 2.24) is 4.98 Å². The molecule has 1 aliphatic carbocycles. The maximum atomic E-state index is 6.10. The van der Waals surface area contributed by atoms with Gasteiger partial charge in [-0.3, -0.25) is 0 Å². The van der Waals surface area contributed by atoms with Crippen molar-refractivity contribution >= 4 is 17.4 Å². The second kappa shape index (κ2) is 6.22. The van der Waals surface area contributed by atoms with Gasteiger partial charge in [0.2, 0.25) is 0 Å². The number of aromatic nitrogens is 1. The number of nitrogens with zero attached hydrogens (tertiary/aromatic N) is 1. The van der Waals surface area contributed by atoms with E-state index < -0.39 is 0 Å². The van der Waals surface area contributed by atoms with Gasteiger partial charge in [-0.2, -0.15) is 0 Å². The molecule has 1 aromatic heterocycles. The molecule has 1 aliphatic rings. The van der Waals surface area contributed by atoms with Crippen LogP contribution in [0.2, 0.25) is 5.02 Å². The molecular weight excluding hydrogens is 236 g/mol. The standard InChI is InChI=1S/C13H19ClN2O/c1-2-8-15-13-7-6-11(14)12(16-13)9-17-10-4-3-5-10/h6-7,10H,2-5,8-9H2,1H3,(H,15,16). The van der Waals surface area contributed by atoms with Crippen LogP contribution in [0.1, 0.15) is 38.3 Å². The molecule has 0 unspecified atom stereocenters. The predicted octanol–water partition coefficient (Wildman–Crippen LogP) is 3.63. The quantitative estimate of drug-likeness (QED) is 0.842. The van der Waals surface area contributed by atoms with E-state index in [4.69, 9.17) is 16.3 Å². The molecule has 1 saturated carbocycles. The lowest BCUT2D eigenvalue weighted by Crippen LogP contribution is -2.21. The molecular formula is C13H19ClN2O. The number of hydrogen-bond donors (Lipinski definition) is 1. The Labute approximate surface area is 108 Å². The van der Waals surface area contributed by atoms with Gasteiger partial charge in [-0.15, -0.1) is 0 Å². The first-order valence-corrected chi connectivity index (χ1v) is 6.68. The number of anilines is 1. The first kappa shape index (κ1) is 12.7. The second-order valence-corrected chi connectivity index (χ2v) is 4.82. The molecule has 17 heavy (non-hydrogen) atoms. The van der Waals surface area contributed by atoms with Gasteiger partial charge >= 0.3 is 0 Å². The van der Waals surface area contributed by atoms with Crippen LogP contribution in [0.4, 0.5) is 5.82 Å². The molecule has 4 heteroatoms. The zero-order valence-corrected chi connectivity index (χ0v) is 11.0. The van der Waals surface area contributed by atoms with E-state index in [1.807, 2.05) is 12.1 Å². The molecule has 94 valence electrons. The highest BCUT2D eigenvalue weighted by Crippen LogP contribution is 2.24. The van der Waals surface area contributed by atoms with E-state index >= 15 is 0 Å². The van der Waals surface area contributed by atoms with Crippen molar-refractivity contribution in [2.75, 3.05) is 11.9 Å². The van der Waals surface area contributed by atoms with Crippen LogP contribution in [0.5, 0.6) is 0 Å². The molecule has 1 N–H and O–H groups in total. The molecule has 0 aromatic carbocycles. The van der Waals surface area contributed by atoms with Crippen molar-refractivity contribution in [1.29, 1.82) is 0 Å². The van der Waals surface area contributed by atoms with Crippen LogP contribution in [0, 0.1) is 0 Å². The van der Waals surface area contributed by atoms with Crippen LogP contribution in [-0.2, 0) is 11.3 Å². The van der Waals surface area contributed by atoms with E-state index in [0.717, 1.165) is 24.5 Å². The van der Waals surface area contributed by atoms with Crippen molar-refractivity contribution in [2.24, 2.45) is 0 Å². The third kappa shape index (κ3) is 3.58. The van der Waals surface area contributed by atoms with Crippen molar-refractivity contribution < 1.29 is 4.74 Å². The molecule has 1 aromatic rings. The Kier molecular flexibility index (Phi) is 4.63. The van der Waals surface area contributed by atoms with Gasteiger partial charge in [0.15, 0.2) is 0 Å². The zero-order chi connectivity index (χ0) is 12.1. The summed E-state index contributed by atoms with van der Waals surface area (Å²) in [7, 11) is 0. The van der Waals surface area contributed by atoms with Gasteiger partial charge in [0.25, 0.3) is 0 Å². The molecule has 0 saturated heterocycles. The molecule has 0 atom stereocenters. The number of halogens is 1. The van der Waals surface area contributed by atoms with Crippen LogP contribution < -0.4 is 5.32 Å². The van der Waals surface area contributed by atoms with Crippen LogP contribution in [0.25, 0.3) is 0 Å². The highest BCUT2D eigenvalue weighted by Gasteiger charge is 2.18. The Morgan fingerprint density at radius 3 is 2.94 bits per heavy atom. The highest BCUT2D eigenvalue weighted by molar-refractivity contribution is 6.31. The predicted molar refractivity (Wildman–Crippen MR) is 70.5 cm³/mol. The zero-order valence-electron chi connectivity index (χ0n) is 10.2. The fourth-order valence-electron chi connectivity index (χ4n) is 1.67. The lowest BCUT2D eigenvalue weighted by atomic mass is 9.96. The lowest BCUT2D eigenvalue weighted by molar-refractivity contribution is -0.01000. The topological polar surface area (TPSA) is 34.1 Å². The third-order valence-corrected chi connectivity index (χ3v) is 3.33. The normalized spacial score (nSPS) is 15.6. The van der Waals surface area contributed by atoms with E-state index in [-0.39, 0.29) is 0 Å². The highest BCUT2D eigenvalue weighted by atomic mass is 35.5. The molecule has 0 aliphatic heterocycles. The molecule has 1 heterocycles. The van der Waals surface area contributed by atoms with Crippen LogP contribution >= 0.6 is 11.6 Å². The molecule has 0 radical (unpaired) electrons. The first-order valence-electron chi connectivity index (χ1n) is 6.30. The van der Waals surface area contributed by atoms with Gasteiger partial charge in [0.05, 0.1) is 23.4 Å². The van der Waals surface area contributed by atoms with Gasteiger partial charge < -0.3 is 10.1 Å². The minimum absolute atomic E-state index is 0.417. The summed E-state index contributed by atoms with van der Waals surface area (Å²) in [6.45, 7) is 3.58. The largest absolute Gasteiger partial charge is 0.372 e. The Balaban J connectivity index is 1.93. The monoisotopic (exact) mass is 254 g/mol. The Morgan fingerprint density at radius 1 is 1.47 bits per heavy atom. The van der Waals surface area contributed by atoms with Crippen LogP contribution in [0.3, 0.4) is 0 Å². The van der Waals surface area contributed by atoms with Crippen molar-refractivity contribution in [3.05, 3.63) is 22.8 Å². The minimum atomic E-state index is 0.417. The smallest absolute Gasteiger partial charge is 0.126 e. The SMILES string of the molecule is CCCNc1ccc(Cl)c(COC2CCC2)n1. The van der Waals surface area contributed by atoms with Crippen LogP contribution in [0.15, 0.2) is 12.1 Å². The number of pyridine rings is 1. The summed E-state index contributed by atoms with van der Waals surface area (Å²) >= 11 is 6.10. The van der Waals surface area contributed by atoms with Crippen molar-refractivity contribution in [3.8, 4) is 0 Å². The lowest BCUT2D eigenvalue weighted by Gasteiger charge is -2.25.